The Bertz CT molecular complexity index is 1210. The zero-order chi connectivity index (χ0) is 24.5. The van der Waals surface area contributed by atoms with Crippen LogP contribution in [0.4, 0.5) is 5.13 Å². The number of nitrogens with zero attached hydrogens (tertiary/aromatic N) is 4. The van der Waals surface area contributed by atoms with Crippen LogP contribution in [0.1, 0.15) is 66.4 Å². The number of anilines is 1. The molecular weight excluding hydrogens is 466 g/mol. The number of nitrogens with one attached hydrogen (secondary N) is 1. The van der Waals surface area contributed by atoms with Gasteiger partial charge in [-0.05, 0) is 81.5 Å². The molecule has 36 heavy (non-hydrogen) atoms. The Morgan fingerprint density at radius 1 is 1.11 bits per heavy atom. The lowest BCUT2D eigenvalue weighted by Crippen LogP contribution is -2.38. The van der Waals surface area contributed by atoms with E-state index in [1.807, 2.05) is 41.7 Å². The molecule has 0 spiro atoms. The zero-order valence-electron chi connectivity index (χ0n) is 21.3. The van der Waals surface area contributed by atoms with Crippen LogP contribution in [-0.4, -0.2) is 53.0 Å². The van der Waals surface area contributed by atoms with Crippen molar-refractivity contribution in [3.05, 3.63) is 52.7 Å². The lowest BCUT2D eigenvalue weighted by molar-refractivity contribution is 0.0921. The Balaban J connectivity index is 0.964. The molecule has 1 aromatic carbocycles. The molecule has 3 aliphatic rings. The second kappa shape index (κ2) is 10.5. The third kappa shape index (κ3) is 5.14. The second-order valence-electron chi connectivity index (χ2n) is 11.1. The van der Waals surface area contributed by atoms with E-state index >= 15 is 0 Å². The maximum atomic E-state index is 13.0. The molecule has 1 aliphatic carbocycles. The largest absolute Gasteiger partial charge is 0.349 e. The molecule has 3 aromatic rings. The van der Waals surface area contributed by atoms with Crippen LogP contribution in [-0.2, 0) is 13.0 Å². The van der Waals surface area contributed by atoms with Gasteiger partial charge in [-0.15, -0.1) is 11.3 Å². The molecule has 7 heteroatoms. The molecular formula is C29H37N5OS. The Morgan fingerprint density at radius 3 is 2.83 bits per heavy atom. The molecule has 1 saturated carbocycles. The Hall–Kier alpha value is -2.51. The molecule has 1 unspecified atom stereocenters. The first-order valence-electron chi connectivity index (χ1n) is 13.7. The molecule has 1 amide bonds. The maximum absolute atomic E-state index is 13.0. The number of amides is 1. The number of rotatable bonds is 6. The second-order valence-corrected chi connectivity index (χ2v) is 12.1. The third-order valence-electron chi connectivity index (χ3n) is 8.42. The topological polar surface area (TPSA) is 61.4 Å². The molecule has 1 saturated heterocycles. The summed E-state index contributed by atoms with van der Waals surface area (Å²) in [5.74, 6) is 1.59. The molecule has 2 fully saturated rings. The smallest absolute Gasteiger partial charge is 0.252 e. The predicted octanol–water partition coefficient (Wildman–Crippen LogP) is 5.27. The van der Waals surface area contributed by atoms with E-state index in [0.717, 1.165) is 67.2 Å². The van der Waals surface area contributed by atoms with Gasteiger partial charge < -0.3 is 10.2 Å². The summed E-state index contributed by atoms with van der Waals surface area (Å²) in [4.78, 5) is 29.0. The minimum Gasteiger partial charge on any atom is -0.349 e. The standard InChI is InChI=1S/C29H37N5OS/c1-20-11-17-34(18-20)29-32-26-19-33(16-13-27(26)36-29)15-12-21-7-9-22(10-8-21)31-28(35)24-4-2-6-25-23(24)5-3-14-30-25/h2-6,14,20-22H,7-13,15-19H2,1H3,(H,31,35)/t20?,21-,22-. The first kappa shape index (κ1) is 23.9. The summed E-state index contributed by atoms with van der Waals surface area (Å²) < 4.78 is 0. The highest BCUT2D eigenvalue weighted by molar-refractivity contribution is 7.15. The molecule has 4 heterocycles. The maximum Gasteiger partial charge on any atom is 0.252 e. The number of aromatic nitrogens is 2. The number of hydrogen-bond acceptors (Lipinski definition) is 6. The van der Waals surface area contributed by atoms with Crippen LogP contribution < -0.4 is 10.2 Å². The molecule has 6 rings (SSSR count). The number of carbonyl (C=O) groups excluding carboxylic acids is 1. The number of benzene rings is 1. The highest BCUT2D eigenvalue weighted by Crippen LogP contribution is 2.34. The molecule has 190 valence electrons. The predicted molar refractivity (Wildman–Crippen MR) is 147 cm³/mol. The van der Waals surface area contributed by atoms with E-state index in [2.05, 4.69) is 27.0 Å². The molecule has 1 atom stereocenters. The van der Waals surface area contributed by atoms with E-state index in [1.165, 1.54) is 54.5 Å². The van der Waals surface area contributed by atoms with Gasteiger partial charge in [0.1, 0.15) is 0 Å². The van der Waals surface area contributed by atoms with Crippen molar-refractivity contribution >= 4 is 33.3 Å². The molecule has 2 aliphatic heterocycles. The minimum absolute atomic E-state index is 0.0344. The summed E-state index contributed by atoms with van der Waals surface area (Å²) in [6.07, 6.45) is 10.0. The SMILES string of the molecule is CC1CCN(c2nc3c(s2)CCN(CC[C@H]2CC[C@H](NC(=O)c4cccc5ncccc45)CC2)C3)C1. The quantitative estimate of drug-likeness (QED) is 0.496. The average Bonchev–Trinajstić information content (AvgIpc) is 3.53. The number of hydrogen-bond donors (Lipinski definition) is 1. The molecule has 6 nitrogen and oxygen atoms in total. The lowest BCUT2D eigenvalue weighted by atomic mass is 9.84. The molecule has 1 N–H and O–H groups in total. The lowest BCUT2D eigenvalue weighted by Gasteiger charge is -2.32. The van der Waals surface area contributed by atoms with Crippen LogP contribution in [0.5, 0.6) is 0 Å². The minimum atomic E-state index is 0.0344. The van der Waals surface area contributed by atoms with E-state index in [0.29, 0.717) is 0 Å². The average molecular weight is 504 g/mol. The van der Waals surface area contributed by atoms with Gasteiger partial charge in [0.2, 0.25) is 0 Å². The third-order valence-corrected chi connectivity index (χ3v) is 9.63. The van der Waals surface area contributed by atoms with Gasteiger partial charge in [-0.25, -0.2) is 4.98 Å². The van der Waals surface area contributed by atoms with E-state index < -0.39 is 0 Å². The Morgan fingerprint density at radius 2 is 2.00 bits per heavy atom. The van der Waals surface area contributed by atoms with Crippen molar-refractivity contribution in [3.8, 4) is 0 Å². The highest BCUT2D eigenvalue weighted by Gasteiger charge is 2.27. The number of carbonyl (C=O) groups is 1. The van der Waals surface area contributed by atoms with Crippen molar-refractivity contribution in [1.29, 1.82) is 0 Å². The van der Waals surface area contributed by atoms with Crippen molar-refractivity contribution in [2.24, 2.45) is 11.8 Å². The van der Waals surface area contributed by atoms with Gasteiger partial charge in [0.15, 0.2) is 5.13 Å². The summed E-state index contributed by atoms with van der Waals surface area (Å²) in [6.45, 7) is 8.02. The zero-order valence-corrected chi connectivity index (χ0v) is 22.1. The van der Waals surface area contributed by atoms with Crippen LogP contribution in [0.3, 0.4) is 0 Å². The van der Waals surface area contributed by atoms with Gasteiger partial charge in [-0.2, -0.15) is 0 Å². The fourth-order valence-corrected chi connectivity index (χ4v) is 7.29. The van der Waals surface area contributed by atoms with Gasteiger partial charge in [-0.1, -0.05) is 19.1 Å². The fraction of sp³-hybridized carbons (Fsp3) is 0.552. The normalized spacial score (nSPS) is 24.7. The number of pyridine rings is 1. The van der Waals surface area contributed by atoms with Crippen molar-refractivity contribution in [2.45, 2.75) is 64.5 Å². The van der Waals surface area contributed by atoms with Crippen molar-refractivity contribution < 1.29 is 4.79 Å². The van der Waals surface area contributed by atoms with Gasteiger partial charge in [-0.3, -0.25) is 14.7 Å². The summed E-state index contributed by atoms with van der Waals surface area (Å²) >= 11 is 1.94. The van der Waals surface area contributed by atoms with E-state index in [4.69, 9.17) is 4.98 Å². The van der Waals surface area contributed by atoms with E-state index in [1.54, 1.807) is 6.20 Å². The molecule has 2 aromatic heterocycles. The molecule has 0 radical (unpaired) electrons. The van der Waals surface area contributed by atoms with Crippen LogP contribution in [0.15, 0.2) is 36.5 Å². The number of fused-ring (bicyclic) bond motifs is 2. The van der Waals surface area contributed by atoms with Crippen molar-refractivity contribution in [2.75, 3.05) is 31.1 Å². The van der Waals surface area contributed by atoms with Crippen LogP contribution >= 0.6 is 11.3 Å². The summed E-state index contributed by atoms with van der Waals surface area (Å²) in [6, 6.07) is 9.95. The van der Waals surface area contributed by atoms with Gasteiger partial charge in [0.25, 0.3) is 5.91 Å². The first-order valence-corrected chi connectivity index (χ1v) is 14.5. The van der Waals surface area contributed by atoms with E-state index in [9.17, 15) is 4.79 Å². The van der Waals surface area contributed by atoms with Crippen molar-refractivity contribution in [3.63, 3.8) is 0 Å². The van der Waals surface area contributed by atoms with Crippen LogP contribution in [0.25, 0.3) is 10.9 Å². The number of thiazole rings is 1. The van der Waals surface area contributed by atoms with Crippen LogP contribution in [0, 0.1) is 11.8 Å². The van der Waals surface area contributed by atoms with Crippen LogP contribution in [0.2, 0.25) is 0 Å². The summed E-state index contributed by atoms with van der Waals surface area (Å²) in [5, 5.41) is 5.49. The molecule has 0 bridgehead atoms. The monoisotopic (exact) mass is 503 g/mol. The fourth-order valence-electron chi connectivity index (χ4n) is 6.20. The Kier molecular flexibility index (Phi) is 6.94. The first-order chi connectivity index (χ1) is 17.6. The Labute approximate surface area is 218 Å². The summed E-state index contributed by atoms with van der Waals surface area (Å²) in [7, 11) is 0. The summed E-state index contributed by atoms with van der Waals surface area (Å²) in [5.41, 5.74) is 2.94. The highest BCUT2D eigenvalue weighted by atomic mass is 32.1. The van der Waals surface area contributed by atoms with Gasteiger partial charge in [0.05, 0.1) is 11.2 Å². The van der Waals surface area contributed by atoms with Gasteiger partial charge in [0, 0.05) is 54.2 Å². The van der Waals surface area contributed by atoms with Gasteiger partial charge >= 0.3 is 0 Å². The van der Waals surface area contributed by atoms with E-state index in [-0.39, 0.29) is 11.9 Å². The van der Waals surface area contributed by atoms with Crippen molar-refractivity contribution in [1.82, 2.24) is 20.2 Å².